The number of anilines is 1. The van der Waals surface area contributed by atoms with Crippen LogP contribution in [0.1, 0.15) is 26.2 Å². The molecule has 0 saturated carbocycles. The highest BCUT2D eigenvalue weighted by Crippen LogP contribution is 2.33. The quantitative estimate of drug-likeness (QED) is 0.797. The summed E-state index contributed by atoms with van der Waals surface area (Å²) >= 11 is 7.64. The van der Waals surface area contributed by atoms with Gasteiger partial charge in [-0.15, -0.1) is 11.3 Å². The molecule has 1 aliphatic rings. The van der Waals surface area contributed by atoms with Gasteiger partial charge in [0.15, 0.2) is 0 Å². The molecule has 0 spiro atoms. The Bertz CT molecular complexity index is 554. The van der Waals surface area contributed by atoms with E-state index >= 15 is 0 Å². The second-order valence-corrected chi connectivity index (χ2v) is 6.08. The first-order valence-corrected chi connectivity index (χ1v) is 7.69. The van der Waals surface area contributed by atoms with Gasteiger partial charge in [-0.05, 0) is 41.8 Å². The van der Waals surface area contributed by atoms with Crippen LogP contribution in [0.2, 0.25) is 5.28 Å². The van der Waals surface area contributed by atoms with Crippen molar-refractivity contribution >= 4 is 39.0 Å². The van der Waals surface area contributed by atoms with Gasteiger partial charge in [0.25, 0.3) is 0 Å². The highest BCUT2D eigenvalue weighted by molar-refractivity contribution is 7.16. The number of halogens is 1. The molecule has 1 unspecified atom stereocenters. The second-order valence-electron chi connectivity index (χ2n) is 4.85. The van der Waals surface area contributed by atoms with E-state index in [0.29, 0.717) is 5.28 Å². The van der Waals surface area contributed by atoms with E-state index in [1.165, 1.54) is 19.3 Å². The average Bonchev–Trinajstić information content (AvgIpc) is 2.96. The summed E-state index contributed by atoms with van der Waals surface area (Å²) in [6.45, 7) is 4.44. The van der Waals surface area contributed by atoms with Crippen molar-refractivity contribution in [1.82, 2.24) is 9.97 Å². The molecule has 1 fully saturated rings. The molecule has 0 aliphatic carbocycles. The van der Waals surface area contributed by atoms with Gasteiger partial charge in [-0.1, -0.05) is 13.3 Å². The summed E-state index contributed by atoms with van der Waals surface area (Å²) < 4.78 is 0. The van der Waals surface area contributed by atoms with Crippen LogP contribution >= 0.6 is 22.9 Å². The Labute approximate surface area is 116 Å². The predicted octanol–water partition coefficient (Wildman–Crippen LogP) is 3.97. The van der Waals surface area contributed by atoms with Crippen LogP contribution in [0.25, 0.3) is 10.2 Å². The fourth-order valence-corrected chi connectivity index (χ4v) is 3.70. The molecule has 0 N–H and O–H groups in total. The fourth-order valence-electron chi connectivity index (χ4n) is 2.72. The summed E-state index contributed by atoms with van der Waals surface area (Å²) in [5.74, 6) is 1.82. The monoisotopic (exact) mass is 281 g/mol. The summed E-state index contributed by atoms with van der Waals surface area (Å²) in [4.78, 5) is 12.1. The van der Waals surface area contributed by atoms with E-state index in [1.807, 2.05) is 0 Å². The SMILES string of the molecule is CCCC1CCN(c2nc(Cl)nc3sccc23)C1. The lowest BCUT2D eigenvalue weighted by atomic mass is 10.0. The van der Waals surface area contributed by atoms with Crippen molar-refractivity contribution in [1.29, 1.82) is 0 Å². The van der Waals surface area contributed by atoms with Crippen LogP contribution in [0.5, 0.6) is 0 Å². The van der Waals surface area contributed by atoms with Crippen LogP contribution in [0.15, 0.2) is 11.4 Å². The van der Waals surface area contributed by atoms with E-state index in [2.05, 4.69) is 33.2 Å². The van der Waals surface area contributed by atoms with E-state index in [1.54, 1.807) is 11.3 Å². The zero-order valence-electron chi connectivity index (χ0n) is 10.4. The molecule has 18 heavy (non-hydrogen) atoms. The molecule has 0 bridgehead atoms. The van der Waals surface area contributed by atoms with Crippen LogP contribution in [-0.2, 0) is 0 Å². The van der Waals surface area contributed by atoms with Crippen molar-refractivity contribution in [3.63, 3.8) is 0 Å². The highest BCUT2D eigenvalue weighted by atomic mass is 35.5. The number of fused-ring (bicyclic) bond motifs is 1. The lowest BCUT2D eigenvalue weighted by Crippen LogP contribution is -2.21. The van der Waals surface area contributed by atoms with Crippen molar-refractivity contribution in [2.75, 3.05) is 18.0 Å². The molecule has 3 nitrogen and oxygen atoms in total. The van der Waals surface area contributed by atoms with E-state index in [4.69, 9.17) is 11.6 Å². The number of hydrogen-bond donors (Lipinski definition) is 0. The third-order valence-electron chi connectivity index (χ3n) is 3.56. The van der Waals surface area contributed by atoms with Gasteiger partial charge >= 0.3 is 0 Å². The molecule has 0 aromatic carbocycles. The van der Waals surface area contributed by atoms with E-state index in [-0.39, 0.29) is 0 Å². The van der Waals surface area contributed by atoms with Gasteiger partial charge in [-0.3, -0.25) is 0 Å². The summed E-state index contributed by atoms with van der Waals surface area (Å²) in [5.41, 5.74) is 0. The number of rotatable bonds is 3. The Hall–Kier alpha value is -0.870. The Kier molecular flexibility index (Phi) is 3.39. The first-order valence-electron chi connectivity index (χ1n) is 6.43. The first-order chi connectivity index (χ1) is 8.78. The van der Waals surface area contributed by atoms with Crippen molar-refractivity contribution in [3.8, 4) is 0 Å². The largest absolute Gasteiger partial charge is 0.356 e. The molecule has 96 valence electrons. The van der Waals surface area contributed by atoms with Gasteiger partial charge in [0.1, 0.15) is 10.6 Å². The van der Waals surface area contributed by atoms with E-state index in [9.17, 15) is 0 Å². The molecular weight excluding hydrogens is 266 g/mol. The van der Waals surface area contributed by atoms with Gasteiger partial charge in [0, 0.05) is 13.1 Å². The second kappa shape index (κ2) is 5.02. The highest BCUT2D eigenvalue weighted by Gasteiger charge is 2.24. The van der Waals surface area contributed by atoms with Crippen LogP contribution in [0.4, 0.5) is 5.82 Å². The third kappa shape index (κ3) is 2.19. The number of aromatic nitrogens is 2. The molecule has 2 aromatic rings. The summed E-state index contributed by atoms with van der Waals surface area (Å²) in [6.07, 6.45) is 3.83. The third-order valence-corrected chi connectivity index (χ3v) is 4.54. The van der Waals surface area contributed by atoms with Crippen molar-refractivity contribution in [3.05, 3.63) is 16.7 Å². The minimum Gasteiger partial charge on any atom is -0.356 e. The smallest absolute Gasteiger partial charge is 0.225 e. The standard InChI is InChI=1S/C13H16ClN3S/c1-2-3-9-4-6-17(8-9)11-10-5-7-18-12(10)16-13(14)15-11/h5,7,9H,2-4,6,8H2,1H3. The van der Waals surface area contributed by atoms with Gasteiger partial charge in [0.2, 0.25) is 5.28 Å². The molecule has 1 aliphatic heterocycles. The minimum absolute atomic E-state index is 0.360. The number of nitrogens with zero attached hydrogens (tertiary/aromatic N) is 3. The Morgan fingerprint density at radius 3 is 3.22 bits per heavy atom. The number of thiophene rings is 1. The average molecular weight is 282 g/mol. The Balaban J connectivity index is 1.92. The molecule has 0 amide bonds. The molecule has 2 aromatic heterocycles. The van der Waals surface area contributed by atoms with Crippen LogP contribution < -0.4 is 4.90 Å². The zero-order valence-corrected chi connectivity index (χ0v) is 12.0. The lowest BCUT2D eigenvalue weighted by Gasteiger charge is -2.18. The van der Waals surface area contributed by atoms with Crippen molar-refractivity contribution in [2.45, 2.75) is 26.2 Å². The lowest BCUT2D eigenvalue weighted by molar-refractivity contribution is 0.529. The topological polar surface area (TPSA) is 29.0 Å². The van der Waals surface area contributed by atoms with Crippen molar-refractivity contribution in [2.24, 2.45) is 5.92 Å². The van der Waals surface area contributed by atoms with Crippen LogP contribution in [-0.4, -0.2) is 23.1 Å². The summed E-state index contributed by atoms with van der Waals surface area (Å²) in [5, 5.41) is 3.55. The Morgan fingerprint density at radius 1 is 1.50 bits per heavy atom. The normalized spacial score (nSPS) is 19.9. The minimum atomic E-state index is 0.360. The van der Waals surface area contributed by atoms with Gasteiger partial charge in [0.05, 0.1) is 5.39 Å². The Morgan fingerprint density at radius 2 is 2.39 bits per heavy atom. The predicted molar refractivity (Wildman–Crippen MR) is 77.7 cm³/mol. The van der Waals surface area contributed by atoms with Gasteiger partial charge in [-0.2, -0.15) is 4.98 Å². The summed E-state index contributed by atoms with van der Waals surface area (Å²) in [7, 11) is 0. The molecule has 1 saturated heterocycles. The van der Waals surface area contributed by atoms with Crippen LogP contribution in [0, 0.1) is 5.92 Å². The number of hydrogen-bond acceptors (Lipinski definition) is 4. The molecule has 3 heterocycles. The molecule has 3 rings (SSSR count). The maximum Gasteiger partial charge on any atom is 0.225 e. The van der Waals surface area contributed by atoms with Gasteiger partial charge in [-0.25, -0.2) is 4.98 Å². The van der Waals surface area contributed by atoms with Gasteiger partial charge < -0.3 is 4.90 Å². The maximum absolute atomic E-state index is 6.01. The molecular formula is C13H16ClN3S. The molecule has 5 heteroatoms. The van der Waals surface area contributed by atoms with Crippen LogP contribution in [0.3, 0.4) is 0 Å². The maximum atomic E-state index is 6.01. The first kappa shape index (κ1) is 12.2. The molecule has 0 radical (unpaired) electrons. The molecule has 1 atom stereocenters. The van der Waals surface area contributed by atoms with E-state index in [0.717, 1.165) is 35.0 Å². The zero-order chi connectivity index (χ0) is 12.5. The van der Waals surface area contributed by atoms with Crippen molar-refractivity contribution < 1.29 is 0 Å². The van der Waals surface area contributed by atoms with E-state index < -0.39 is 0 Å². The summed E-state index contributed by atoms with van der Waals surface area (Å²) in [6, 6.07) is 2.10. The fraction of sp³-hybridized carbons (Fsp3) is 0.538.